The monoisotopic (exact) mass is 434 g/mol. The maximum atomic E-state index is 12.7. The first-order valence-corrected chi connectivity index (χ1v) is 10.1. The van der Waals surface area contributed by atoms with Crippen LogP contribution in [0.4, 0.5) is 11.4 Å². The number of furan rings is 1. The molecular weight excluding hydrogens is 412 g/mol. The van der Waals surface area contributed by atoms with E-state index in [0.717, 1.165) is 29.8 Å². The third-order valence-electron chi connectivity index (χ3n) is 5.16. The highest BCUT2D eigenvalue weighted by atomic mass is 16.5. The van der Waals surface area contributed by atoms with E-state index >= 15 is 0 Å². The first-order valence-electron chi connectivity index (χ1n) is 10.1. The van der Waals surface area contributed by atoms with Crippen LogP contribution in [0.15, 0.2) is 65.3 Å². The molecule has 1 aliphatic heterocycles. The van der Waals surface area contributed by atoms with E-state index in [4.69, 9.17) is 13.9 Å². The fourth-order valence-electron chi connectivity index (χ4n) is 3.54. The second-order valence-corrected chi connectivity index (χ2v) is 7.23. The van der Waals surface area contributed by atoms with Gasteiger partial charge in [0, 0.05) is 17.9 Å². The van der Waals surface area contributed by atoms with Crippen molar-refractivity contribution in [3.8, 4) is 5.75 Å². The number of nitrogens with zero attached hydrogens (tertiary/aromatic N) is 1. The molecule has 0 spiro atoms. The van der Waals surface area contributed by atoms with Gasteiger partial charge in [-0.2, -0.15) is 0 Å². The van der Waals surface area contributed by atoms with Crippen molar-refractivity contribution in [3.63, 3.8) is 0 Å². The van der Waals surface area contributed by atoms with E-state index in [0.29, 0.717) is 12.2 Å². The summed E-state index contributed by atoms with van der Waals surface area (Å²) in [7, 11) is 1.60. The van der Waals surface area contributed by atoms with Gasteiger partial charge in [0.1, 0.15) is 5.75 Å². The summed E-state index contributed by atoms with van der Waals surface area (Å²) in [6.45, 7) is 0.209. The van der Waals surface area contributed by atoms with Crippen LogP contribution in [0.1, 0.15) is 32.9 Å². The van der Waals surface area contributed by atoms with Crippen LogP contribution < -0.4 is 15.0 Å². The predicted octanol–water partition coefficient (Wildman–Crippen LogP) is 3.68. The van der Waals surface area contributed by atoms with E-state index in [1.54, 1.807) is 36.3 Å². The number of hydrogen-bond acceptors (Lipinski definition) is 6. The first-order chi connectivity index (χ1) is 15.5. The van der Waals surface area contributed by atoms with Crippen molar-refractivity contribution in [2.24, 2.45) is 0 Å². The van der Waals surface area contributed by atoms with Gasteiger partial charge < -0.3 is 24.1 Å². The Hall–Kier alpha value is -4.07. The normalized spacial score (nSPS) is 12.6. The zero-order chi connectivity index (χ0) is 22.5. The standard InChI is InChI=1S/C24H22N2O6/c1-30-19-10-11-20-17(14-19)4-2-12-26(20)22(27)15-32-24(29)16-6-8-18(9-7-16)25-23(28)21-5-3-13-31-21/h3,5-11,13-14H,2,4,12,15H2,1H3,(H,25,28). The molecule has 0 unspecified atom stereocenters. The number of fused-ring (bicyclic) bond motifs is 1. The summed E-state index contributed by atoms with van der Waals surface area (Å²) >= 11 is 0. The summed E-state index contributed by atoms with van der Waals surface area (Å²) in [5.74, 6) is -0.366. The van der Waals surface area contributed by atoms with Crippen molar-refractivity contribution in [2.75, 3.05) is 30.5 Å². The predicted molar refractivity (Wildman–Crippen MR) is 117 cm³/mol. The molecule has 0 bridgehead atoms. The van der Waals surface area contributed by atoms with Crippen molar-refractivity contribution in [2.45, 2.75) is 12.8 Å². The number of ether oxygens (including phenoxy) is 2. The van der Waals surface area contributed by atoms with Gasteiger partial charge in [-0.3, -0.25) is 9.59 Å². The van der Waals surface area contributed by atoms with Gasteiger partial charge in [-0.1, -0.05) is 0 Å². The van der Waals surface area contributed by atoms with Gasteiger partial charge in [0.05, 0.1) is 18.9 Å². The van der Waals surface area contributed by atoms with Crippen LogP contribution in [0, 0.1) is 0 Å². The highest BCUT2D eigenvalue weighted by Crippen LogP contribution is 2.30. The highest BCUT2D eigenvalue weighted by Gasteiger charge is 2.24. The van der Waals surface area contributed by atoms with E-state index in [-0.39, 0.29) is 23.8 Å². The summed E-state index contributed by atoms with van der Waals surface area (Å²) in [4.78, 5) is 38.7. The van der Waals surface area contributed by atoms with Crippen molar-refractivity contribution >= 4 is 29.2 Å². The lowest BCUT2D eigenvalue weighted by atomic mass is 10.0. The highest BCUT2D eigenvalue weighted by molar-refractivity contribution is 6.02. The number of rotatable bonds is 6. The van der Waals surface area contributed by atoms with Gasteiger partial charge in [0.15, 0.2) is 12.4 Å². The Morgan fingerprint density at radius 1 is 1.09 bits per heavy atom. The van der Waals surface area contributed by atoms with E-state index in [1.165, 1.54) is 18.4 Å². The number of esters is 1. The minimum absolute atomic E-state index is 0.185. The first kappa shape index (κ1) is 21.2. The minimum Gasteiger partial charge on any atom is -0.497 e. The molecule has 2 amide bonds. The average Bonchev–Trinajstić information content (AvgIpc) is 3.37. The molecule has 0 aliphatic carbocycles. The van der Waals surface area contributed by atoms with E-state index in [9.17, 15) is 14.4 Å². The molecule has 8 nitrogen and oxygen atoms in total. The maximum Gasteiger partial charge on any atom is 0.338 e. The van der Waals surface area contributed by atoms with Crippen LogP contribution in [0.3, 0.4) is 0 Å². The fraction of sp³-hybridized carbons (Fsp3) is 0.208. The third kappa shape index (κ3) is 4.64. The van der Waals surface area contributed by atoms with Crippen LogP contribution in [0.25, 0.3) is 0 Å². The molecule has 4 rings (SSSR count). The van der Waals surface area contributed by atoms with Gasteiger partial charge >= 0.3 is 5.97 Å². The topological polar surface area (TPSA) is 98.1 Å². The van der Waals surface area contributed by atoms with Gasteiger partial charge in [-0.05, 0) is 73.0 Å². The van der Waals surface area contributed by atoms with Crippen LogP contribution in [-0.4, -0.2) is 38.0 Å². The molecule has 3 aromatic rings. The summed E-state index contributed by atoms with van der Waals surface area (Å²) in [5, 5.41) is 2.67. The van der Waals surface area contributed by atoms with Crippen molar-refractivity contribution in [1.82, 2.24) is 0 Å². The fourth-order valence-corrected chi connectivity index (χ4v) is 3.54. The third-order valence-corrected chi connectivity index (χ3v) is 5.16. The van der Waals surface area contributed by atoms with E-state index < -0.39 is 11.9 Å². The summed E-state index contributed by atoms with van der Waals surface area (Å²) in [6, 6.07) is 14.9. The molecule has 1 aliphatic rings. The second kappa shape index (κ2) is 9.38. The van der Waals surface area contributed by atoms with E-state index in [1.807, 2.05) is 18.2 Å². The lowest BCUT2D eigenvalue weighted by Gasteiger charge is -2.29. The number of carbonyl (C=O) groups is 3. The van der Waals surface area contributed by atoms with Crippen molar-refractivity contribution in [3.05, 3.63) is 77.7 Å². The van der Waals surface area contributed by atoms with Gasteiger partial charge in [0.2, 0.25) is 0 Å². The number of nitrogens with one attached hydrogen (secondary N) is 1. The quantitative estimate of drug-likeness (QED) is 0.595. The van der Waals surface area contributed by atoms with Crippen LogP contribution in [0.5, 0.6) is 5.75 Å². The number of amides is 2. The lowest BCUT2D eigenvalue weighted by Crippen LogP contribution is -2.38. The van der Waals surface area contributed by atoms with Gasteiger partial charge in [-0.25, -0.2) is 4.79 Å². The lowest BCUT2D eigenvalue weighted by molar-refractivity contribution is -0.121. The summed E-state index contributed by atoms with van der Waals surface area (Å²) in [6.07, 6.45) is 3.10. The second-order valence-electron chi connectivity index (χ2n) is 7.23. The molecular formula is C24H22N2O6. The summed E-state index contributed by atoms with van der Waals surface area (Å²) in [5.41, 5.74) is 2.62. The number of anilines is 2. The Morgan fingerprint density at radius 3 is 2.62 bits per heavy atom. The van der Waals surface area contributed by atoms with Crippen LogP contribution >= 0.6 is 0 Å². The Bertz CT molecular complexity index is 1120. The Morgan fingerprint density at radius 2 is 1.91 bits per heavy atom. The number of carbonyl (C=O) groups excluding carboxylic acids is 3. The molecule has 2 heterocycles. The molecule has 0 saturated heterocycles. The van der Waals surface area contributed by atoms with Crippen LogP contribution in [-0.2, 0) is 16.0 Å². The number of hydrogen-bond donors (Lipinski definition) is 1. The van der Waals surface area contributed by atoms with Crippen LogP contribution in [0.2, 0.25) is 0 Å². The van der Waals surface area contributed by atoms with Gasteiger partial charge in [0.25, 0.3) is 11.8 Å². The zero-order valence-electron chi connectivity index (χ0n) is 17.5. The van der Waals surface area contributed by atoms with Crippen molar-refractivity contribution in [1.29, 1.82) is 0 Å². The van der Waals surface area contributed by atoms with Crippen molar-refractivity contribution < 1.29 is 28.3 Å². The largest absolute Gasteiger partial charge is 0.497 e. The molecule has 2 aromatic carbocycles. The summed E-state index contributed by atoms with van der Waals surface area (Å²) < 4.78 is 15.5. The number of aryl methyl sites for hydroxylation is 1. The number of methoxy groups -OCH3 is 1. The molecule has 164 valence electrons. The molecule has 0 saturated carbocycles. The minimum atomic E-state index is -0.616. The smallest absolute Gasteiger partial charge is 0.338 e. The Balaban J connectivity index is 1.34. The van der Waals surface area contributed by atoms with Gasteiger partial charge in [-0.15, -0.1) is 0 Å². The molecule has 0 radical (unpaired) electrons. The molecule has 0 fully saturated rings. The maximum absolute atomic E-state index is 12.7. The van der Waals surface area contributed by atoms with E-state index in [2.05, 4.69) is 5.32 Å². The number of benzene rings is 2. The Labute approximate surface area is 184 Å². The SMILES string of the molecule is COc1ccc2c(c1)CCCN2C(=O)COC(=O)c1ccc(NC(=O)c2ccco2)cc1. The average molecular weight is 434 g/mol. The Kier molecular flexibility index (Phi) is 6.21. The molecule has 1 aromatic heterocycles. The molecule has 1 N–H and O–H groups in total. The zero-order valence-corrected chi connectivity index (χ0v) is 17.5. The molecule has 32 heavy (non-hydrogen) atoms. The molecule has 8 heteroatoms. The molecule has 0 atom stereocenters.